The molecule has 0 spiro atoms. The lowest BCUT2D eigenvalue weighted by atomic mass is 10.1. The van der Waals surface area contributed by atoms with Gasteiger partial charge in [0.15, 0.2) is 0 Å². The molecule has 0 amide bonds. The first-order chi connectivity index (χ1) is 8.08. The second kappa shape index (κ2) is 7.02. The molecule has 0 saturated heterocycles. The first-order valence-electron chi connectivity index (χ1n) is 6.35. The molecule has 17 heavy (non-hydrogen) atoms. The Labute approximate surface area is 114 Å². The highest BCUT2D eigenvalue weighted by Crippen LogP contribution is 2.24. The highest BCUT2D eigenvalue weighted by molar-refractivity contribution is 9.10. The van der Waals surface area contributed by atoms with Gasteiger partial charge < -0.3 is 10.2 Å². The highest BCUT2D eigenvalue weighted by Gasteiger charge is 2.09. The molecule has 0 fully saturated rings. The minimum absolute atomic E-state index is 0.513. The predicted molar refractivity (Wildman–Crippen MR) is 79.7 cm³/mol. The summed E-state index contributed by atoms with van der Waals surface area (Å²) >= 11 is 3.55. The van der Waals surface area contributed by atoms with Crippen LogP contribution in [-0.4, -0.2) is 19.1 Å². The smallest absolute Gasteiger partial charge is 0.0412 e. The van der Waals surface area contributed by atoms with E-state index in [9.17, 15) is 0 Å². The van der Waals surface area contributed by atoms with Crippen molar-refractivity contribution in [3.8, 4) is 0 Å². The fraction of sp³-hybridized carbons (Fsp3) is 0.571. The van der Waals surface area contributed by atoms with Crippen molar-refractivity contribution in [2.24, 2.45) is 0 Å². The molecule has 1 aromatic carbocycles. The van der Waals surface area contributed by atoms with Gasteiger partial charge in [-0.3, -0.25) is 0 Å². The number of hydrogen-bond donors (Lipinski definition) is 1. The van der Waals surface area contributed by atoms with Gasteiger partial charge in [-0.1, -0.05) is 29.8 Å². The Balaban J connectivity index is 2.94. The van der Waals surface area contributed by atoms with Gasteiger partial charge in [-0.25, -0.2) is 0 Å². The molecule has 0 unspecified atom stereocenters. The van der Waals surface area contributed by atoms with Crippen molar-refractivity contribution in [3.05, 3.63) is 28.2 Å². The van der Waals surface area contributed by atoms with Gasteiger partial charge in [0.1, 0.15) is 0 Å². The SMILES string of the molecule is CCN(CC)c1ccc(Br)cc1CNC(C)C. The molecule has 0 aliphatic carbocycles. The molecule has 96 valence electrons. The molecule has 0 atom stereocenters. The monoisotopic (exact) mass is 298 g/mol. The average molecular weight is 299 g/mol. The van der Waals surface area contributed by atoms with Crippen LogP contribution in [0.4, 0.5) is 5.69 Å². The van der Waals surface area contributed by atoms with Gasteiger partial charge >= 0.3 is 0 Å². The van der Waals surface area contributed by atoms with E-state index in [1.165, 1.54) is 11.3 Å². The first kappa shape index (κ1) is 14.5. The molecule has 0 aliphatic rings. The zero-order chi connectivity index (χ0) is 12.8. The summed E-state index contributed by atoms with van der Waals surface area (Å²) in [4.78, 5) is 2.39. The summed E-state index contributed by atoms with van der Waals surface area (Å²) in [5.74, 6) is 0. The molecule has 0 bridgehead atoms. The zero-order valence-electron chi connectivity index (χ0n) is 11.3. The van der Waals surface area contributed by atoms with Gasteiger partial charge in [0, 0.05) is 35.8 Å². The summed E-state index contributed by atoms with van der Waals surface area (Å²) < 4.78 is 1.15. The van der Waals surface area contributed by atoms with Crippen LogP contribution in [0.15, 0.2) is 22.7 Å². The average Bonchev–Trinajstić information content (AvgIpc) is 2.30. The second-order valence-corrected chi connectivity index (χ2v) is 5.40. The molecular weight excluding hydrogens is 276 g/mol. The number of halogens is 1. The Morgan fingerprint density at radius 1 is 1.24 bits per heavy atom. The van der Waals surface area contributed by atoms with Crippen LogP contribution in [0, 0.1) is 0 Å². The summed E-state index contributed by atoms with van der Waals surface area (Å²) in [5, 5.41) is 3.48. The van der Waals surface area contributed by atoms with Crippen LogP contribution in [0.2, 0.25) is 0 Å². The number of benzene rings is 1. The zero-order valence-corrected chi connectivity index (χ0v) is 12.8. The van der Waals surface area contributed by atoms with Gasteiger partial charge in [-0.15, -0.1) is 0 Å². The van der Waals surface area contributed by atoms with E-state index >= 15 is 0 Å². The predicted octanol–water partition coefficient (Wildman–Crippen LogP) is 3.79. The normalized spacial score (nSPS) is 10.9. The largest absolute Gasteiger partial charge is 0.372 e. The summed E-state index contributed by atoms with van der Waals surface area (Å²) in [5.41, 5.74) is 2.70. The Morgan fingerprint density at radius 3 is 2.41 bits per heavy atom. The molecule has 0 heterocycles. The minimum atomic E-state index is 0.513. The standard InChI is InChI=1S/C14H23BrN2/c1-5-17(6-2)14-8-7-13(15)9-12(14)10-16-11(3)4/h7-9,11,16H,5-6,10H2,1-4H3. The summed E-state index contributed by atoms with van der Waals surface area (Å²) in [7, 11) is 0. The van der Waals surface area contributed by atoms with E-state index in [4.69, 9.17) is 0 Å². The maximum atomic E-state index is 3.55. The molecule has 3 heteroatoms. The molecule has 0 aromatic heterocycles. The Hall–Kier alpha value is -0.540. The third-order valence-electron chi connectivity index (χ3n) is 2.85. The van der Waals surface area contributed by atoms with E-state index in [2.05, 4.69) is 72.0 Å². The highest BCUT2D eigenvalue weighted by atomic mass is 79.9. The topological polar surface area (TPSA) is 15.3 Å². The van der Waals surface area contributed by atoms with E-state index in [0.717, 1.165) is 24.1 Å². The van der Waals surface area contributed by atoms with E-state index in [-0.39, 0.29) is 0 Å². The van der Waals surface area contributed by atoms with Crippen molar-refractivity contribution in [3.63, 3.8) is 0 Å². The van der Waals surface area contributed by atoms with Crippen molar-refractivity contribution in [1.29, 1.82) is 0 Å². The molecule has 1 N–H and O–H groups in total. The molecule has 0 aliphatic heterocycles. The third kappa shape index (κ3) is 4.32. The van der Waals surface area contributed by atoms with Crippen LogP contribution in [-0.2, 0) is 6.54 Å². The maximum absolute atomic E-state index is 3.55. The summed E-state index contributed by atoms with van der Waals surface area (Å²) in [6.07, 6.45) is 0. The van der Waals surface area contributed by atoms with E-state index in [1.807, 2.05) is 0 Å². The summed E-state index contributed by atoms with van der Waals surface area (Å²) in [6, 6.07) is 7.04. The molecule has 0 radical (unpaired) electrons. The fourth-order valence-electron chi connectivity index (χ4n) is 1.88. The quantitative estimate of drug-likeness (QED) is 0.859. The lowest BCUT2D eigenvalue weighted by Crippen LogP contribution is -2.26. The van der Waals surface area contributed by atoms with Gasteiger partial charge in [0.05, 0.1) is 0 Å². The third-order valence-corrected chi connectivity index (χ3v) is 3.34. The number of anilines is 1. The molecular formula is C14H23BrN2. The molecule has 0 saturated carbocycles. The van der Waals surface area contributed by atoms with Gasteiger partial charge in [0.25, 0.3) is 0 Å². The lowest BCUT2D eigenvalue weighted by Gasteiger charge is -2.25. The number of nitrogens with one attached hydrogen (secondary N) is 1. The van der Waals surface area contributed by atoms with Crippen molar-refractivity contribution in [2.45, 2.75) is 40.3 Å². The number of nitrogens with zero attached hydrogens (tertiary/aromatic N) is 1. The number of rotatable bonds is 6. The Kier molecular flexibility index (Phi) is 6.00. The molecule has 1 aromatic rings. The van der Waals surface area contributed by atoms with Crippen LogP contribution in [0.1, 0.15) is 33.3 Å². The van der Waals surface area contributed by atoms with Crippen LogP contribution >= 0.6 is 15.9 Å². The minimum Gasteiger partial charge on any atom is -0.372 e. The van der Waals surface area contributed by atoms with Crippen molar-refractivity contribution in [1.82, 2.24) is 5.32 Å². The van der Waals surface area contributed by atoms with Crippen molar-refractivity contribution >= 4 is 21.6 Å². The van der Waals surface area contributed by atoms with Crippen LogP contribution in [0.3, 0.4) is 0 Å². The van der Waals surface area contributed by atoms with Crippen LogP contribution < -0.4 is 10.2 Å². The van der Waals surface area contributed by atoms with Crippen LogP contribution in [0.25, 0.3) is 0 Å². The first-order valence-corrected chi connectivity index (χ1v) is 7.14. The van der Waals surface area contributed by atoms with E-state index < -0.39 is 0 Å². The van der Waals surface area contributed by atoms with Crippen molar-refractivity contribution < 1.29 is 0 Å². The van der Waals surface area contributed by atoms with Gasteiger partial charge in [-0.05, 0) is 37.6 Å². The number of hydrogen-bond acceptors (Lipinski definition) is 2. The Bertz CT molecular complexity index is 346. The van der Waals surface area contributed by atoms with Gasteiger partial charge in [-0.2, -0.15) is 0 Å². The second-order valence-electron chi connectivity index (χ2n) is 4.48. The molecule has 1 rings (SSSR count). The molecule has 2 nitrogen and oxygen atoms in total. The fourth-order valence-corrected chi connectivity index (χ4v) is 2.29. The van der Waals surface area contributed by atoms with Crippen LogP contribution in [0.5, 0.6) is 0 Å². The summed E-state index contributed by atoms with van der Waals surface area (Å²) in [6.45, 7) is 11.8. The van der Waals surface area contributed by atoms with E-state index in [0.29, 0.717) is 6.04 Å². The van der Waals surface area contributed by atoms with Crippen molar-refractivity contribution in [2.75, 3.05) is 18.0 Å². The lowest BCUT2D eigenvalue weighted by molar-refractivity contribution is 0.588. The Morgan fingerprint density at radius 2 is 1.88 bits per heavy atom. The maximum Gasteiger partial charge on any atom is 0.0412 e. The van der Waals surface area contributed by atoms with E-state index in [1.54, 1.807) is 0 Å². The van der Waals surface area contributed by atoms with Gasteiger partial charge in [0.2, 0.25) is 0 Å².